The number of aromatic nitrogens is 2. The number of hydrogen-bond donors (Lipinski definition) is 1. The van der Waals surface area contributed by atoms with Crippen LogP contribution in [0.5, 0.6) is 0 Å². The number of benzene rings is 20. The van der Waals surface area contributed by atoms with E-state index < -0.39 is 0 Å². The second-order valence-electron chi connectivity index (χ2n) is 32.9. The van der Waals surface area contributed by atoms with E-state index in [0.717, 1.165) is 161 Å². The van der Waals surface area contributed by atoms with Crippen LogP contribution in [0.4, 0.5) is 62.6 Å². The monoisotopic (exact) mass is 1750 g/mol. The van der Waals surface area contributed by atoms with Crippen LogP contribution in [0, 0.1) is 0 Å². The quantitative estimate of drug-likeness (QED) is 0.110. The van der Waals surface area contributed by atoms with Crippen LogP contribution in [0.2, 0.25) is 5.02 Å². The fourth-order valence-electron chi connectivity index (χ4n) is 19.0. The summed E-state index contributed by atoms with van der Waals surface area (Å²) >= 11 is 10.1. The van der Waals surface area contributed by atoms with Crippen molar-refractivity contribution in [3.05, 3.63) is 478 Å². The summed E-state index contributed by atoms with van der Waals surface area (Å²) in [5, 5.41) is 18.7. The van der Waals surface area contributed by atoms with Crippen molar-refractivity contribution in [3.8, 4) is 33.6 Å². The Morgan fingerprint density at radius 2 is 0.515 bits per heavy atom. The number of thiophene rings is 2. The molecule has 0 saturated carbocycles. The first kappa shape index (κ1) is 80.1. The van der Waals surface area contributed by atoms with E-state index >= 15 is 0 Å². The maximum absolute atomic E-state index is 6.42. The molecule has 0 amide bonds. The van der Waals surface area contributed by atoms with Gasteiger partial charge in [-0.15, -0.1) is 22.7 Å². The van der Waals surface area contributed by atoms with E-state index in [1.54, 1.807) is 0 Å². The largest absolute Gasteiger partial charge is 0.456 e. The summed E-state index contributed by atoms with van der Waals surface area (Å²) in [5.74, 6) is 0. The molecule has 1 N–H and O–H groups in total. The molecular weight excluding hydrogens is 1670 g/mol. The number of nitrogens with one attached hydrogen (secondary N) is 1. The zero-order valence-electron chi connectivity index (χ0n) is 70.8. The fourth-order valence-corrected chi connectivity index (χ4v) is 21.3. The number of anilines is 11. The summed E-state index contributed by atoms with van der Waals surface area (Å²) in [6.45, 7) is 0. The standard InChI is InChI=1S/C60H39N3OS.C30H18ClNO.C30H22N2S.CH4/c1-4-15-42(16-5-1)61(43-17-6-2-7-18-43)45-21-14-22-46(37-45)62(48-30-34-60-54(39-48)50-24-11-13-26-59(50)65-60)47-29-32-56-52(38-47)51-35-40(27-31-55(51)63(56)44-19-8-3-9-20-44)41-28-33-58-53(36-41)49-23-10-12-25-57(49)64-58;31-21-12-14-28-25(18-21)24-16-19(10-13-27(24)32(28)22-6-2-1-3-7-22)20-11-15-30-26(17-20)23-8-4-5-9-29(23)33-30;1-3-11-24(12-4-1)32(25-13-5-2-6-14-25)26-15-9-10-22(20-26)31-23-18-19-30-28(21-23)27-16-7-8-17-29(27)33-30;/h1-39H;1-18H;1-21,31H;1H4. The third kappa shape index (κ3) is 14.8. The highest BCUT2D eigenvalue weighted by Gasteiger charge is 2.24. The van der Waals surface area contributed by atoms with Crippen molar-refractivity contribution in [2.24, 2.45) is 0 Å². The lowest BCUT2D eigenvalue weighted by atomic mass is 10.0. The summed E-state index contributed by atoms with van der Waals surface area (Å²) in [7, 11) is 0. The van der Waals surface area contributed by atoms with Crippen molar-refractivity contribution in [1.82, 2.24) is 9.13 Å². The maximum Gasteiger partial charge on any atom is 0.135 e. The fraction of sp³-hybridized carbons (Fsp3) is 0.00826. The number of rotatable bonds is 15. The van der Waals surface area contributed by atoms with Gasteiger partial charge in [0.05, 0.1) is 22.1 Å². The molecule has 0 fully saturated rings. The molecule has 0 unspecified atom stereocenters. The van der Waals surface area contributed by atoms with Gasteiger partial charge in [0, 0.05) is 162 Å². The molecule has 6 aromatic heterocycles. The topological polar surface area (TPSA) is 57.9 Å². The zero-order chi connectivity index (χ0) is 86.8. The Morgan fingerprint density at radius 1 is 0.205 bits per heavy atom. The lowest BCUT2D eigenvalue weighted by molar-refractivity contribution is 0.668. The van der Waals surface area contributed by atoms with Crippen molar-refractivity contribution < 1.29 is 8.83 Å². The molecule has 0 aliphatic heterocycles. The smallest absolute Gasteiger partial charge is 0.135 e. The highest BCUT2D eigenvalue weighted by atomic mass is 35.5. The van der Waals surface area contributed by atoms with Gasteiger partial charge in [-0.3, -0.25) is 0 Å². The predicted molar refractivity (Wildman–Crippen MR) is 565 cm³/mol. The zero-order valence-corrected chi connectivity index (χ0v) is 73.2. The molecular formula is C121H83ClN6O2S2. The van der Waals surface area contributed by atoms with Crippen molar-refractivity contribution >= 4 is 225 Å². The molecule has 6 heterocycles. The number of furan rings is 2. The van der Waals surface area contributed by atoms with E-state index in [1.165, 1.54) is 67.6 Å². The third-order valence-electron chi connectivity index (χ3n) is 25.0. The maximum atomic E-state index is 6.42. The molecule has 0 aliphatic carbocycles. The van der Waals surface area contributed by atoms with Gasteiger partial charge in [0.2, 0.25) is 0 Å². The molecule has 132 heavy (non-hydrogen) atoms. The lowest BCUT2D eigenvalue weighted by Gasteiger charge is -2.29. The Balaban J connectivity index is 0.000000124. The van der Waals surface area contributed by atoms with Gasteiger partial charge in [0.25, 0.3) is 0 Å². The van der Waals surface area contributed by atoms with E-state index in [9.17, 15) is 0 Å². The first-order chi connectivity index (χ1) is 64.8. The van der Waals surface area contributed by atoms with Gasteiger partial charge in [-0.05, 0) is 277 Å². The van der Waals surface area contributed by atoms with E-state index in [4.69, 9.17) is 20.4 Å². The minimum Gasteiger partial charge on any atom is -0.456 e. The van der Waals surface area contributed by atoms with Gasteiger partial charge in [-0.2, -0.15) is 0 Å². The van der Waals surface area contributed by atoms with Crippen molar-refractivity contribution in [3.63, 3.8) is 0 Å². The Labute approximate surface area is 776 Å². The van der Waals surface area contributed by atoms with Gasteiger partial charge in [0.15, 0.2) is 0 Å². The molecule has 0 bridgehead atoms. The number of halogens is 1. The molecule has 0 radical (unpaired) electrons. The summed E-state index contributed by atoms with van der Waals surface area (Å²) in [5.41, 5.74) is 27.2. The highest BCUT2D eigenvalue weighted by Crippen LogP contribution is 2.48. The van der Waals surface area contributed by atoms with Crippen LogP contribution in [0.1, 0.15) is 7.43 Å². The van der Waals surface area contributed by atoms with Crippen LogP contribution in [0.3, 0.4) is 0 Å². The first-order valence-corrected chi connectivity index (χ1v) is 46.0. The second kappa shape index (κ2) is 34.3. The van der Waals surface area contributed by atoms with Gasteiger partial charge < -0.3 is 38.0 Å². The summed E-state index contributed by atoms with van der Waals surface area (Å²) < 4.78 is 22.2. The molecule has 11 heteroatoms. The molecule has 0 aliphatic rings. The highest BCUT2D eigenvalue weighted by molar-refractivity contribution is 7.26. The van der Waals surface area contributed by atoms with E-state index in [2.05, 4.69) is 466 Å². The number of para-hydroxylation sites is 8. The van der Waals surface area contributed by atoms with Gasteiger partial charge in [0.1, 0.15) is 22.3 Å². The molecule has 20 aromatic carbocycles. The Morgan fingerprint density at radius 3 is 1.00 bits per heavy atom. The molecule has 8 nitrogen and oxygen atoms in total. The lowest BCUT2D eigenvalue weighted by Crippen LogP contribution is -2.13. The van der Waals surface area contributed by atoms with E-state index in [0.29, 0.717) is 0 Å². The van der Waals surface area contributed by atoms with Gasteiger partial charge >= 0.3 is 0 Å². The predicted octanol–water partition coefficient (Wildman–Crippen LogP) is 36.6. The molecule has 628 valence electrons. The van der Waals surface area contributed by atoms with Gasteiger partial charge in [-0.25, -0.2) is 0 Å². The van der Waals surface area contributed by atoms with Crippen LogP contribution in [-0.4, -0.2) is 9.13 Å². The minimum absolute atomic E-state index is 0. The summed E-state index contributed by atoms with van der Waals surface area (Å²) in [6.07, 6.45) is 0. The van der Waals surface area contributed by atoms with E-state index in [1.807, 2.05) is 59.1 Å². The minimum atomic E-state index is 0. The summed E-state index contributed by atoms with van der Waals surface area (Å²) in [4.78, 5) is 7.04. The van der Waals surface area contributed by atoms with E-state index in [-0.39, 0.29) is 7.43 Å². The van der Waals surface area contributed by atoms with Crippen molar-refractivity contribution in [1.29, 1.82) is 0 Å². The Hall–Kier alpha value is -16.5. The molecule has 0 saturated heterocycles. The molecule has 26 rings (SSSR count). The van der Waals surface area contributed by atoms with Crippen LogP contribution in [-0.2, 0) is 0 Å². The molecule has 0 spiro atoms. The second-order valence-corrected chi connectivity index (χ2v) is 35.5. The van der Waals surface area contributed by atoms with Crippen LogP contribution >= 0.6 is 34.3 Å². The van der Waals surface area contributed by atoms with Crippen LogP contribution < -0.4 is 20.0 Å². The number of fused-ring (bicyclic) bond motifs is 18. The van der Waals surface area contributed by atoms with Crippen LogP contribution in [0.25, 0.3) is 161 Å². The molecule has 0 atom stereocenters. The average Bonchev–Trinajstić information content (AvgIpc) is 1.82. The van der Waals surface area contributed by atoms with Gasteiger partial charge in [-0.1, -0.05) is 237 Å². The first-order valence-electron chi connectivity index (χ1n) is 44.0. The van der Waals surface area contributed by atoms with Crippen molar-refractivity contribution in [2.45, 2.75) is 7.43 Å². The normalized spacial score (nSPS) is 11.5. The average molecular weight is 1750 g/mol. The Bertz CT molecular complexity index is 8730. The SMILES string of the molecule is C.Clc1ccc2c(c1)c1cc(-c3ccc4oc5ccccc5c4c3)ccc1n2-c1ccccc1.c1ccc(N(c2ccccc2)c2cccc(N(c3ccc4sc5ccccc5c4c3)c3ccc4c(c3)c3cc(-c5ccc6oc7ccccc7c6c5)ccc3n4-c3ccccc3)c2)cc1.c1ccc(N(c2ccccc2)c2cccc(Nc3ccc4sc5ccccc5c4c3)c2)cc1. The van der Waals surface area contributed by atoms with Crippen molar-refractivity contribution in [2.75, 3.05) is 20.0 Å². The Kier molecular flexibility index (Phi) is 20.8. The summed E-state index contributed by atoms with van der Waals surface area (Å²) in [6, 6.07) is 168. The number of hydrogen-bond acceptors (Lipinski definition) is 8. The number of nitrogens with zero attached hydrogens (tertiary/aromatic N) is 5. The molecule has 26 aromatic rings. The third-order valence-corrected chi connectivity index (χ3v) is 27.5. The van der Waals surface area contributed by atoms with Crippen LogP contribution in [0.15, 0.2) is 482 Å².